The Balaban J connectivity index is 1.76. The Morgan fingerprint density at radius 3 is 2.75 bits per heavy atom. The molecule has 0 radical (unpaired) electrons. The highest BCUT2D eigenvalue weighted by Gasteiger charge is 2.01. The lowest BCUT2D eigenvalue weighted by molar-refractivity contribution is 0.281. The van der Waals surface area contributed by atoms with Gasteiger partial charge in [0.05, 0.1) is 17.8 Å². The first-order valence-electron chi connectivity index (χ1n) is 6.52. The monoisotopic (exact) mass is 281 g/mol. The topological polar surface area (TPSA) is 33.1 Å². The largest absolute Gasteiger partial charge is 0.392 e. The van der Waals surface area contributed by atoms with Crippen LogP contribution in [-0.4, -0.2) is 10.1 Å². The van der Waals surface area contributed by atoms with E-state index in [4.69, 9.17) is 5.11 Å². The second-order valence-electron chi connectivity index (χ2n) is 4.59. The summed E-state index contributed by atoms with van der Waals surface area (Å²) in [5, 5.41) is 10.3. The molecule has 0 spiro atoms. The molecule has 0 aliphatic heterocycles. The smallest absolute Gasteiger partial charge is 0.0705 e. The van der Waals surface area contributed by atoms with Gasteiger partial charge in [0, 0.05) is 16.0 Å². The van der Waals surface area contributed by atoms with E-state index in [1.54, 1.807) is 11.8 Å². The summed E-state index contributed by atoms with van der Waals surface area (Å²) in [6.07, 6.45) is 0. The predicted octanol–water partition coefficient (Wildman–Crippen LogP) is 4.02. The summed E-state index contributed by atoms with van der Waals surface area (Å²) in [6, 6.07) is 20.3. The first-order valence-corrected chi connectivity index (χ1v) is 7.51. The second-order valence-corrected chi connectivity index (χ2v) is 5.64. The van der Waals surface area contributed by atoms with Crippen LogP contribution in [0.2, 0.25) is 0 Å². The molecule has 0 bridgehead atoms. The zero-order valence-electron chi connectivity index (χ0n) is 11.0. The maximum Gasteiger partial charge on any atom is 0.0705 e. The van der Waals surface area contributed by atoms with E-state index in [9.17, 15) is 0 Å². The Kier molecular flexibility index (Phi) is 4.00. The average molecular weight is 281 g/mol. The van der Waals surface area contributed by atoms with Crippen LogP contribution in [0.15, 0.2) is 65.6 Å². The van der Waals surface area contributed by atoms with Gasteiger partial charge in [0.25, 0.3) is 0 Å². The van der Waals surface area contributed by atoms with Gasteiger partial charge in [-0.1, -0.05) is 36.4 Å². The standard InChI is InChI=1S/C17H15NOS/c19-11-13-4-3-6-16(10-13)20-12-15-9-8-14-5-1-2-7-17(14)18-15/h1-10,19H,11-12H2. The van der Waals surface area contributed by atoms with Crippen LogP contribution < -0.4 is 0 Å². The molecule has 1 N–H and O–H groups in total. The third kappa shape index (κ3) is 3.00. The van der Waals surface area contributed by atoms with Crippen molar-refractivity contribution in [2.24, 2.45) is 0 Å². The average Bonchev–Trinajstić information content (AvgIpc) is 2.53. The number of aliphatic hydroxyl groups is 1. The summed E-state index contributed by atoms with van der Waals surface area (Å²) in [6.45, 7) is 0.0859. The van der Waals surface area contributed by atoms with Gasteiger partial charge in [-0.15, -0.1) is 11.8 Å². The lowest BCUT2D eigenvalue weighted by atomic mass is 10.2. The van der Waals surface area contributed by atoms with Crippen molar-refractivity contribution in [3.05, 3.63) is 71.9 Å². The molecule has 3 heteroatoms. The van der Waals surface area contributed by atoms with E-state index in [0.717, 1.165) is 27.4 Å². The number of rotatable bonds is 4. The molecule has 0 atom stereocenters. The van der Waals surface area contributed by atoms with Gasteiger partial charge in [0.15, 0.2) is 0 Å². The van der Waals surface area contributed by atoms with E-state index in [1.165, 1.54) is 5.39 Å². The first-order chi connectivity index (χ1) is 9.85. The van der Waals surface area contributed by atoms with Crippen LogP contribution in [0.5, 0.6) is 0 Å². The van der Waals surface area contributed by atoms with Crippen molar-refractivity contribution in [1.29, 1.82) is 0 Å². The zero-order valence-corrected chi connectivity index (χ0v) is 11.8. The third-order valence-electron chi connectivity index (χ3n) is 3.12. The summed E-state index contributed by atoms with van der Waals surface area (Å²) < 4.78 is 0. The van der Waals surface area contributed by atoms with Crippen molar-refractivity contribution in [3.8, 4) is 0 Å². The summed E-state index contributed by atoms with van der Waals surface area (Å²) in [5.41, 5.74) is 3.05. The molecule has 0 aliphatic carbocycles. The maximum absolute atomic E-state index is 9.14. The van der Waals surface area contributed by atoms with Crippen molar-refractivity contribution >= 4 is 22.7 Å². The van der Waals surface area contributed by atoms with Crippen LogP contribution in [0.1, 0.15) is 11.3 Å². The van der Waals surface area contributed by atoms with E-state index in [-0.39, 0.29) is 6.61 Å². The second kappa shape index (κ2) is 6.07. The first kappa shape index (κ1) is 13.2. The van der Waals surface area contributed by atoms with Crippen LogP contribution in [0.4, 0.5) is 0 Å². The highest BCUT2D eigenvalue weighted by atomic mass is 32.2. The third-order valence-corrected chi connectivity index (χ3v) is 4.15. The van der Waals surface area contributed by atoms with E-state index < -0.39 is 0 Å². The van der Waals surface area contributed by atoms with Gasteiger partial charge in [-0.05, 0) is 29.8 Å². The Hall–Kier alpha value is -1.84. The number of hydrogen-bond acceptors (Lipinski definition) is 3. The van der Waals surface area contributed by atoms with Gasteiger partial charge in [-0.3, -0.25) is 4.98 Å². The number of aliphatic hydroxyl groups excluding tert-OH is 1. The molecule has 0 aliphatic rings. The number of para-hydroxylation sites is 1. The number of benzene rings is 2. The van der Waals surface area contributed by atoms with Gasteiger partial charge < -0.3 is 5.11 Å². The van der Waals surface area contributed by atoms with Gasteiger partial charge >= 0.3 is 0 Å². The lowest BCUT2D eigenvalue weighted by Crippen LogP contribution is -1.88. The molecule has 2 nitrogen and oxygen atoms in total. The van der Waals surface area contributed by atoms with Gasteiger partial charge in [0.1, 0.15) is 0 Å². The fraction of sp³-hybridized carbons (Fsp3) is 0.118. The molecule has 100 valence electrons. The van der Waals surface area contributed by atoms with E-state index in [0.29, 0.717) is 0 Å². The minimum atomic E-state index is 0.0859. The Morgan fingerprint density at radius 2 is 1.85 bits per heavy atom. The maximum atomic E-state index is 9.14. The van der Waals surface area contributed by atoms with E-state index in [1.807, 2.05) is 36.4 Å². The SMILES string of the molecule is OCc1cccc(SCc2ccc3ccccc3n2)c1. The fourth-order valence-electron chi connectivity index (χ4n) is 2.08. The van der Waals surface area contributed by atoms with Crippen molar-refractivity contribution in [3.63, 3.8) is 0 Å². The summed E-state index contributed by atoms with van der Waals surface area (Å²) >= 11 is 1.74. The number of hydrogen-bond donors (Lipinski definition) is 1. The normalized spacial score (nSPS) is 10.8. The predicted molar refractivity (Wildman–Crippen MR) is 83.7 cm³/mol. The molecular formula is C17H15NOS. The molecule has 0 fully saturated rings. The van der Waals surface area contributed by atoms with Crippen molar-refractivity contribution in [2.75, 3.05) is 0 Å². The zero-order chi connectivity index (χ0) is 13.8. The fourth-order valence-corrected chi connectivity index (χ4v) is 2.96. The van der Waals surface area contributed by atoms with Crippen molar-refractivity contribution in [1.82, 2.24) is 4.98 Å². The Bertz CT molecular complexity index is 727. The Labute approximate surface area is 122 Å². The molecule has 0 saturated carbocycles. The molecule has 0 unspecified atom stereocenters. The van der Waals surface area contributed by atoms with Crippen LogP contribution in [-0.2, 0) is 12.4 Å². The summed E-state index contributed by atoms with van der Waals surface area (Å²) in [5.74, 6) is 0.833. The molecule has 0 saturated heterocycles. The van der Waals surface area contributed by atoms with Crippen LogP contribution in [0, 0.1) is 0 Å². The summed E-state index contributed by atoms with van der Waals surface area (Å²) in [7, 11) is 0. The minimum absolute atomic E-state index is 0.0859. The number of thioether (sulfide) groups is 1. The quantitative estimate of drug-likeness (QED) is 0.733. The van der Waals surface area contributed by atoms with E-state index in [2.05, 4.69) is 29.2 Å². The van der Waals surface area contributed by atoms with Gasteiger partial charge in [-0.25, -0.2) is 0 Å². The molecule has 2 aromatic carbocycles. The molecule has 3 aromatic rings. The van der Waals surface area contributed by atoms with Gasteiger partial charge in [-0.2, -0.15) is 0 Å². The molecule has 1 heterocycles. The number of pyridine rings is 1. The minimum Gasteiger partial charge on any atom is -0.392 e. The van der Waals surface area contributed by atoms with Crippen LogP contribution in [0.25, 0.3) is 10.9 Å². The Morgan fingerprint density at radius 1 is 0.950 bits per heavy atom. The molecule has 0 amide bonds. The molecule has 1 aromatic heterocycles. The number of aromatic nitrogens is 1. The van der Waals surface area contributed by atoms with Crippen molar-refractivity contribution < 1.29 is 5.11 Å². The van der Waals surface area contributed by atoms with E-state index >= 15 is 0 Å². The number of nitrogens with zero attached hydrogens (tertiary/aromatic N) is 1. The summed E-state index contributed by atoms with van der Waals surface area (Å²) in [4.78, 5) is 5.82. The number of fused-ring (bicyclic) bond motifs is 1. The van der Waals surface area contributed by atoms with Gasteiger partial charge in [0.2, 0.25) is 0 Å². The van der Waals surface area contributed by atoms with Crippen molar-refractivity contribution in [2.45, 2.75) is 17.3 Å². The highest BCUT2D eigenvalue weighted by Crippen LogP contribution is 2.24. The molecule has 20 heavy (non-hydrogen) atoms. The lowest BCUT2D eigenvalue weighted by Gasteiger charge is -2.04. The molecular weight excluding hydrogens is 266 g/mol. The van der Waals surface area contributed by atoms with Crippen LogP contribution >= 0.6 is 11.8 Å². The van der Waals surface area contributed by atoms with Crippen LogP contribution in [0.3, 0.4) is 0 Å². The highest BCUT2D eigenvalue weighted by molar-refractivity contribution is 7.98. The molecule has 3 rings (SSSR count).